The molecule has 137 heavy (non-hydrogen) atoms. The van der Waals surface area contributed by atoms with Crippen LogP contribution in [0.3, 0.4) is 0 Å². The Balaban J connectivity index is 0.515. The van der Waals surface area contributed by atoms with Gasteiger partial charge in [0.2, 0.25) is 23.6 Å². The maximum absolute atomic E-state index is 15.0. The SMILES string of the molecule is COC1C[C@@H]([C@H](C)C[C@@H]2CC[C@@H](OC(=O)CCc3cnc(N4CCN(C(=O)CCOCCN5CCN(c6ncc(C(=O)N7CCc8cc(Cn9nc(-c%10ccc%11oc(N)nc%11c%10)c%10c(N)ncnc%109)ccc8C7)cn6)CC5)[C@@H](C(=O)O)C4)nc3)[C@H](OC)C2)OC(=O)[C@@H]2CCCCN2C(=O)C(=O)[C@]2(O)O[C@@H](CC[C@H]2C)C[C@H](OC)/C(C)=C/C=C/C=C/[C@@H](C)C[C@@H](C)C(=O)[C@H](OC)[C@H](O)/C(C)=C/[C@H]1C. The van der Waals surface area contributed by atoms with Crippen LogP contribution in [0.4, 0.5) is 23.7 Å². The molecular formula is C100H133N17O20. The first-order valence-electron chi connectivity index (χ1n) is 48.1. The second kappa shape index (κ2) is 46.4. The fourth-order valence-corrected chi connectivity index (χ4v) is 20.3. The number of piperidine rings is 1. The molecule has 2 bridgehead atoms. The highest BCUT2D eigenvalue weighted by Gasteiger charge is 2.54. The van der Waals surface area contributed by atoms with Crippen LogP contribution in [0.25, 0.3) is 33.4 Å². The first kappa shape index (κ1) is 101. The number of esters is 2. The van der Waals surface area contributed by atoms with E-state index in [4.69, 9.17) is 58.9 Å². The minimum absolute atomic E-state index is 0.00452. The molecule has 5 fully saturated rings. The summed E-state index contributed by atoms with van der Waals surface area (Å²) in [5.74, 6) is -8.56. The number of carboxylic acids is 1. The number of amides is 3. The van der Waals surface area contributed by atoms with Gasteiger partial charge in [-0.1, -0.05) is 89.3 Å². The van der Waals surface area contributed by atoms with Crippen molar-refractivity contribution < 1.29 is 96.0 Å². The zero-order valence-corrected chi connectivity index (χ0v) is 80.4. The molecule has 1 unspecified atom stereocenters. The number of allylic oxidation sites excluding steroid dienone is 5. The second-order valence-corrected chi connectivity index (χ2v) is 38.0. The monoisotopic (exact) mass is 1890 g/mol. The lowest BCUT2D eigenvalue weighted by Gasteiger charge is -2.43. The van der Waals surface area contributed by atoms with Crippen molar-refractivity contribution in [3.05, 3.63) is 143 Å². The molecule has 7 aromatic rings. The number of aromatic nitrogens is 9. The van der Waals surface area contributed by atoms with Crippen molar-refractivity contribution in [1.82, 2.24) is 64.3 Å². The van der Waals surface area contributed by atoms with E-state index in [0.29, 0.717) is 179 Å². The van der Waals surface area contributed by atoms with Crippen molar-refractivity contribution in [2.45, 2.75) is 231 Å². The number of piperazine rings is 2. The number of oxazole rings is 1. The molecule has 11 heterocycles. The van der Waals surface area contributed by atoms with Crippen LogP contribution in [0.1, 0.15) is 171 Å². The number of aliphatic hydroxyl groups excluding tert-OH is 1. The molecule has 738 valence electrons. The Morgan fingerprint density at radius 1 is 0.715 bits per heavy atom. The number of carbonyl (C=O) groups excluding carboxylic acids is 7. The molecule has 2 aromatic carbocycles. The second-order valence-electron chi connectivity index (χ2n) is 38.0. The van der Waals surface area contributed by atoms with E-state index in [2.05, 4.69) is 56.8 Å². The van der Waals surface area contributed by atoms with E-state index in [0.717, 1.165) is 27.8 Å². The third-order valence-corrected chi connectivity index (χ3v) is 28.5. The minimum atomic E-state index is -2.48. The number of cyclic esters (lactones) is 1. The molecule has 4 saturated heterocycles. The Bertz CT molecular complexity index is 5530. The third-order valence-electron chi connectivity index (χ3n) is 28.5. The Morgan fingerprint density at radius 3 is 2.21 bits per heavy atom. The quantitative estimate of drug-likeness (QED) is 0.0163. The number of rotatable bonds is 24. The van der Waals surface area contributed by atoms with Crippen LogP contribution in [-0.2, 0) is 97.4 Å². The number of carbonyl (C=O) groups is 8. The van der Waals surface area contributed by atoms with Crippen LogP contribution in [0.15, 0.2) is 120 Å². The highest BCUT2D eigenvalue weighted by Crippen LogP contribution is 2.41. The maximum Gasteiger partial charge on any atom is 0.329 e. The van der Waals surface area contributed by atoms with Crippen molar-refractivity contribution in [2.75, 3.05) is 128 Å². The van der Waals surface area contributed by atoms with Gasteiger partial charge < -0.3 is 93.6 Å². The number of anilines is 4. The predicted octanol–water partition coefficient (Wildman–Crippen LogP) is 9.08. The maximum atomic E-state index is 15.0. The number of nitrogens with two attached hydrogens (primary N) is 2. The van der Waals surface area contributed by atoms with Gasteiger partial charge in [-0.05, 0) is 160 Å². The summed E-state index contributed by atoms with van der Waals surface area (Å²) < 4.78 is 56.2. The Hall–Kier alpha value is -11.4. The van der Waals surface area contributed by atoms with Crippen molar-refractivity contribution in [2.24, 2.45) is 35.5 Å². The summed E-state index contributed by atoms with van der Waals surface area (Å²) in [6, 6.07) is 9.50. The van der Waals surface area contributed by atoms with Gasteiger partial charge >= 0.3 is 17.9 Å². The fourth-order valence-electron chi connectivity index (χ4n) is 20.3. The van der Waals surface area contributed by atoms with Gasteiger partial charge in [0.15, 0.2) is 17.0 Å². The number of fused-ring (bicyclic) bond motifs is 6. The molecule has 5 aromatic heterocycles. The fraction of sp³-hybridized carbons (Fsp3) is 0.580. The topological polar surface area (TPSA) is 464 Å². The zero-order chi connectivity index (χ0) is 97.5. The molecule has 0 spiro atoms. The van der Waals surface area contributed by atoms with Crippen LogP contribution >= 0.6 is 0 Å². The molecule has 0 radical (unpaired) electrons. The standard InChI is InChI=1S/C100H133N17O20/c1-59-17-13-12-14-18-60(2)79(129-8)49-73-26-20-65(7)100(128,137-73)90(122)94(124)116-32-16-15-19-75(116)96(127)135-81(50-80(130-9)61(3)44-64(6)88(121)89(132-11)87(120)63(5)43-59)62(4)45-66-22-27-78(82(47-66)131-10)134-84(119)29-23-68-51-103-99(104-52-68)114-38-39-115(76(57-114)95(125)126)83(118)31-41-133-42-40-111-34-36-112(37-35-111)98-105-53-72(54-106-98)93(123)113-33-30-69-46-67(21-24-71(69)56-113)55-117-92-85(91(101)107-58-108-92)86(110-117)70-25-28-77-74(48-70)109-97(102)136-77/h12-14,17-18,21,24-25,28,44,46,48,51-54,58-59,61-63,65-66,73,75-76,78-82,88-89,121,128H,15-16,19-20,22-23,26-27,29-43,45,47,49-50,55-57H2,1-11H3,(H2,102,109)(H,125,126)(H2,101,107,108)/b14-12+,17-13+,60-18+,64-44+/t59-,61-,62-,63-,65-,66+,73+,75+,76-,78-,79+,80?,81+,82-,88-,89+,100-/m1/s1. The van der Waals surface area contributed by atoms with E-state index >= 15 is 4.79 Å². The van der Waals surface area contributed by atoms with Crippen LogP contribution in [-0.4, -0.2) is 301 Å². The lowest BCUT2D eigenvalue weighted by atomic mass is 9.78. The first-order chi connectivity index (χ1) is 65.9. The van der Waals surface area contributed by atoms with Gasteiger partial charge in [0, 0.05) is 161 Å². The lowest BCUT2D eigenvalue weighted by molar-refractivity contribution is -0.265. The third kappa shape index (κ3) is 24.6. The number of hydrogen-bond acceptors (Lipinski definition) is 32. The summed E-state index contributed by atoms with van der Waals surface area (Å²) in [6.45, 7) is 18.7. The van der Waals surface area contributed by atoms with Crippen molar-refractivity contribution in [3.8, 4) is 11.3 Å². The number of Topliss-reactive ketones (excluding diaryl/α,β-unsaturated/α-hetero) is 2. The molecule has 1 aliphatic carbocycles. The van der Waals surface area contributed by atoms with E-state index < -0.39 is 114 Å². The summed E-state index contributed by atoms with van der Waals surface area (Å²) in [7, 11) is 6.12. The molecule has 7 aliphatic rings. The first-order valence-corrected chi connectivity index (χ1v) is 48.1. The van der Waals surface area contributed by atoms with E-state index in [1.807, 2.05) is 98.9 Å². The van der Waals surface area contributed by atoms with Gasteiger partial charge in [-0.25, -0.2) is 44.2 Å². The molecule has 14 rings (SSSR count). The van der Waals surface area contributed by atoms with E-state index in [1.54, 1.807) is 70.9 Å². The van der Waals surface area contributed by atoms with Crippen LogP contribution < -0.4 is 21.3 Å². The van der Waals surface area contributed by atoms with E-state index in [-0.39, 0.29) is 119 Å². The van der Waals surface area contributed by atoms with Gasteiger partial charge in [-0.2, -0.15) is 10.1 Å². The number of ketones is 2. The summed E-state index contributed by atoms with van der Waals surface area (Å²) in [5.41, 5.74) is 21.0. The Morgan fingerprint density at radius 2 is 1.47 bits per heavy atom. The van der Waals surface area contributed by atoms with E-state index in [1.165, 1.54) is 23.2 Å². The zero-order valence-electron chi connectivity index (χ0n) is 80.4. The van der Waals surface area contributed by atoms with Gasteiger partial charge in [0.05, 0.1) is 68.1 Å². The minimum Gasteiger partial charge on any atom is -0.480 e. The molecule has 3 amide bonds. The summed E-state index contributed by atoms with van der Waals surface area (Å²) in [5, 5.41) is 40.1. The molecule has 6 aliphatic heterocycles. The molecule has 7 N–H and O–H groups in total. The molecule has 37 heteroatoms. The number of aryl methyl sites for hydroxylation is 1. The number of aliphatic hydroxyl groups is 2. The normalized spacial score (nSPS) is 28.4. The number of ether oxygens (including phenoxy) is 8. The van der Waals surface area contributed by atoms with Crippen molar-refractivity contribution >= 4 is 93.1 Å². The number of carboxylic acid groups (broad SMARTS) is 1. The van der Waals surface area contributed by atoms with Gasteiger partial charge in [-0.3, -0.25) is 33.7 Å². The highest BCUT2D eigenvalue weighted by atomic mass is 16.6. The summed E-state index contributed by atoms with van der Waals surface area (Å²) in [6.07, 6.45) is 19.4. The number of methoxy groups -OCH3 is 4. The molecule has 17 atom stereocenters. The highest BCUT2D eigenvalue weighted by molar-refractivity contribution is 6.39. The van der Waals surface area contributed by atoms with E-state index in [9.17, 15) is 48.9 Å². The van der Waals surface area contributed by atoms with Crippen molar-refractivity contribution in [3.63, 3.8) is 0 Å². The number of hydrogen-bond donors (Lipinski definition) is 5. The number of nitrogen functional groups attached to an aromatic ring is 2. The van der Waals surface area contributed by atoms with Crippen LogP contribution in [0.2, 0.25) is 0 Å². The molecule has 1 saturated carbocycles. The largest absolute Gasteiger partial charge is 0.480 e. The lowest BCUT2D eigenvalue weighted by Crippen LogP contribution is -2.61. The van der Waals surface area contributed by atoms with Gasteiger partial charge in [0.25, 0.3) is 23.6 Å². The number of aliphatic carboxylic acids is 1. The van der Waals surface area contributed by atoms with Gasteiger partial charge in [-0.15, -0.1) is 0 Å². The van der Waals surface area contributed by atoms with Crippen molar-refractivity contribution in [1.29, 1.82) is 0 Å². The van der Waals surface area contributed by atoms with Gasteiger partial charge in [0.1, 0.15) is 59.9 Å². The summed E-state index contributed by atoms with van der Waals surface area (Å²) in [4.78, 5) is 154. The predicted molar refractivity (Wildman–Crippen MR) is 508 cm³/mol. The van der Waals surface area contributed by atoms with Crippen LogP contribution in [0, 0.1) is 35.5 Å². The number of nitrogens with zero attached hydrogens (tertiary/aromatic N) is 15. The average Bonchev–Trinajstić information content (AvgIpc) is 1.63. The smallest absolute Gasteiger partial charge is 0.329 e. The Labute approximate surface area is 798 Å². The molecule has 37 nitrogen and oxygen atoms in total. The van der Waals surface area contributed by atoms with Crippen LogP contribution in [0.5, 0.6) is 0 Å². The molecular weight excluding hydrogens is 1760 g/mol. The summed E-state index contributed by atoms with van der Waals surface area (Å²) >= 11 is 0. The Kier molecular flexibility index (Phi) is 34.3. The average molecular weight is 1890 g/mol. The number of benzene rings is 2.